The zero-order valence-electron chi connectivity index (χ0n) is 13.4. The Kier molecular flexibility index (Phi) is 7.10. The summed E-state index contributed by atoms with van der Waals surface area (Å²) in [7, 11) is 1.37. The average Bonchev–Trinajstić information content (AvgIpc) is 2.58. The maximum atomic E-state index is 11.3. The molecule has 5 heteroatoms. The summed E-state index contributed by atoms with van der Waals surface area (Å²) in [5.41, 5.74) is 1.72. The van der Waals surface area contributed by atoms with E-state index in [1.807, 2.05) is 30.3 Å². The Labute approximate surface area is 152 Å². The van der Waals surface area contributed by atoms with Gasteiger partial charge in [0.15, 0.2) is 0 Å². The first-order valence-electron chi connectivity index (χ1n) is 7.77. The van der Waals surface area contributed by atoms with Crippen LogP contribution in [0.25, 0.3) is 0 Å². The monoisotopic (exact) mass is 366 g/mol. The topological polar surface area (TPSA) is 46.5 Å². The molecule has 2 aromatic carbocycles. The van der Waals surface area contributed by atoms with E-state index < -0.39 is 6.10 Å². The van der Waals surface area contributed by atoms with E-state index in [1.165, 1.54) is 7.11 Å². The molecule has 0 bridgehead atoms. The van der Waals surface area contributed by atoms with Gasteiger partial charge in [0.05, 0.1) is 13.2 Å². The third kappa shape index (κ3) is 5.23. The fourth-order valence-electron chi connectivity index (χ4n) is 2.70. The van der Waals surface area contributed by atoms with Crippen molar-refractivity contribution in [2.45, 2.75) is 31.3 Å². The van der Waals surface area contributed by atoms with Gasteiger partial charge in [-0.05, 0) is 48.2 Å². The fraction of sp³-hybridized carbons (Fsp3) is 0.316. The van der Waals surface area contributed by atoms with Gasteiger partial charge in [-0.25, -0.2) is 0 Å². The van der Waals surface area contributed by atoms with Crippen molar-refractivity contribution in [1.82, 2.24) is 0 Å². The summed E-state index contributed by atoms with van der Waals surface area (Å²) in [4.78, 5) is 11.3. The number of aliphatic hydroxyl groups is 1. The minimum atomic E-state index is -0.710. The summed E-state index contributed by atoms with van der Waals surface area (Å²) in [5.74, 6) is -0.421. The quantitative estimate of drug-likeness (QED) is 0.688. The smallest absolute Gasteiger partial charge is 0.305 e. The summed E-state index contributed by atoms with van der Waals surface area (Å²) < 4.78 is 4.68. The number of aliphatic hydroxyl groups excluding tert-OH is 1. The summed E-state index contributed by atoms with van der Waals surface area (Å²) in [6, 6.07) is 14.6. The van der Waals surface area contributed by atoms with Crippen molar-refractivity contribution >= 4 is 29.2 Å². The lowest BCUT2D eigenvalue weighted by Crippen LogP contribution is -2.12. The standard InChI is InChI=1S/C19H20Cl2O3/c1-24-18(22)7-3-6-17(14-4-2-5-16(21)12-14)19(23)13-8-10-15(20)11-9-13/h2,4-5,8-12,17,19,23H,3,6-7H2,1H3/t17-,19+/m0/s1. The molecule has 0 aliphatic heterocycles. The van der Waals surface area contributed by atoms with E-state index in [-0.39, 0.29) is 11.9 Å². The van der Waals surface area contributed by atoms with Gasteiger partial charge in [-0.3, -0.25) is 4.79 Å². The van der Waals surface area contributed by atoms with Gasteiger partial charge in [0, 0.05) is 22.4 Å². The number of benzene rings is 2. The number of rotatable bonds is 7. The van der Waals surface area contributed by atoms with E-state index in [4.69, 9.17) is 23.2 Å². The van der Waals surface area contributed by atoms with Gasteiger partial charge >= 0.3 is 5.97 Å². The number of carbonyl (C=O) groups is 1. The molecule has 0 amide bonds. The van der Waals surface area contributed by atoms with E-state index in [1.54, 1.807) is 18.2 Å². The largest absolute Gasteiger partial charge is 0.469 e. The Hall–Kier alpha value is -1.55. The number of hydrogen-bond acceptors (Lipinski definition) is 3. The van der Waals surface area contributed by atoms with E-state index >= 15 is 0 Å². The molecule has 2 rings (SSSR count). The fourth-order valence-corrected chi connectivity index (χ4v) is 3.03. The molecule has 0 aromatic heterocycles. The van der Waals surface area contributed by atoms with Crippen molar-refractivity contribution in [2.75, 3.05) is 7.11 Å². The van der Waals surface area contributed by atoms with Crippen LogP contribution in [0, 0.1) is 0 Å². The van der Waals surface area contributed by atoms with Crippen LogP contribution in [0.15, 0.2) is 48.5 Å². The molecule has 0 saturated carbocycles. The Balaban J connectivity index is 2.21. The summed E-state index contributed by atoms with van der Waals surface area (Å²) in [5, 5.41) is 12.1. The predicted molar refractivity (Wildman–Crippen MR) is 96.5 cm³/mol. The van der Waals surface area contributed by atoms with Crippen LogP contribution in [0.2, 0.25) is 10.0 Å². The first-order valence-corrected chi connectivity index (χ1v) is 8.52. The summed E-state index contributed by atoms with van der Waals surface area (Å²) in [6.07, 6.45) is 0.868. The molecular formula is C19H20Cl2O3. The van der Waals surface area contributed by atoms with Crippen LogP contribution in [0.1, 0.15) is 42.4 Å². The van der Waals surface area contributed by atoms with E-state index in [0.29, 0.717) is 29.3 Å². The molecule has 1 N–H and O–H groups in total. The van der Waals surface area contributed by atoms with Gasteiger partial charge < -0.3 is 9.84 Å². The van der Waals surface area contributed by atoms with Gasteiger partial charge in [0.25, 0.3) is 0 Å². The minimum absolute atomic E-state index is 0.172. The van der Waals surface area contributed by atoms with Crippen molar-refractivity contribution in [3.63, 3.8) is 0 Å². The number of halogens is 2. The second-order valence-corrected chi connectivity index (χ2v) is 6.50. The zero-order valence-corrected chi connectivity index (χ0v) is 14.9. The first-order chi connectivity index (χ1) is 11.5. The van der Waals surface area contributed by atoms with Crippen LogP contribution in [0.5, 0.6) is 0 Å². The van der Waals surface area contributed by atoms with Gasteiger partial charge in [-0.2, -0.15) is 0 Å². The van der Waals surface area contributed by atoms with Gasteiger partial charge in [-0.1, -0.05) is 47.5 Å². The highest BCUT2D eigenvalue weighted by Crippen LogP contribution is 2.36. The molecule has 0 heterocycles. The maximum absolute atomic E-state index is 11.3. The molecule has 2 atom stereocenters. The van der Waals surface area contributed by atoms with Crippen molar-refractivity contribution in [2.24, 2.45) is 0 Å². The normalized spacial score (nSPS) is 13.3. The molecular weight excluding hydrogens is 347 g/mol. The van der Waals surface area contributed by atoms with Crippen LogP contribution in [-0.4, -0.2) is 18.2 Å². The van der Waals surface area contributed by atoms with E-state index in [0.717, 1.165) is 11.1 Å². The number of ether oxygens (including phenoxy) is 1. The lowest BCUT2D eigenvalue weighted by atomic mass is 9.85. The highest BCUT2D eigenvalue weighted by Gasteiger charge is 2.23. The molecule has 0 spiro atoms. The number of methoxy groups -OCH3 is 1. The predicted octanol–water partition coefficient (Wildman–Crippen LogP) is 5.15. The molecule has 3 nitrogen and oxygen atoms in total. The summed E-state index contributed by atoms with van der Waals surface area (Å²) in [6.45, 7) is 0. The lowest BCUT2D eigenvalue weighted by molar-refractivity contribution is -0.140. The van der Waals surface area contributed by atoms with Crippen LogP contribution in [0.4, 0.5) is 0 Å². The molecule has 128 valence electrons. The van der Waals surface area contributed by atoms with Gasteiger partial charge in [0.2, 0.25) is 0 Å². The molecule has 2 aromatic rings. The Morgan fingerprint density at radius 1 is 1.08 bits per heavy atom. The minimum Gasteiger partial charge on any atom is -0.469 e. The molecule has 0 fully saturated rings. The maximum Gasteiger partial charge on any atom is 0.305 e. The van der Waals surface area contributed by atoms with Crippen molar-refractivity contribution in [1.29, 1.82) is 0 Å². The third-order valence-corrected chi connectivity index (χ3v) is 4.48. The van der Waals surface area contributed by atoms with E-state index in [2.05, 4.69) is 4.74 Å². The SMILES string of the molecule is COC(=O)CCC[C@@H](c1cccc(Cl)c1)[C@H](O)c1ccc(Cl)cc1. The zero-order chi connectivity index (χ0) is 17.5. The number of carbonyl (C=O) groups excluding carboxylic acids is 1. The molecule has 0 aliphatic rings. The second kappa shape index (κ2) is 9.07. The Morgan fingerprint density at radius 3 is 2.42 bits per heavy atom. The van der Waals surface area contributed by atoms with Crippen molar-refractivity contribution in [3.05, 3.63) is 69.7 Å². The van der Waals surface area contributed by atoms with Crippen molar-refractivity contribution in [3.8, 4) is 0 Å². The molecule has 0 aliphatic carbocycles. The average molecular weight is 367 g/mol. The molecule has 24 heavy (non-hydrogen) atoms. The van der Waals surface area contributed by atoms with Gasteiger partial charge in [-0.15, -0.1) is 0 Å². The number of esters is 1. The molecule has 0 saturated heterocycles. The van der Waals surface area contributed by atoms with Crippen LogP contribution < -0.4 is 0 Å². The molecule has 0 radical (unpaired) electrons. The highest BCUT2D eigenvalue weighted by molar-refractivity contribution is 6.30. The van der Waals surface area contributed by atoms with Crippen LogP contribution in [-0.2, 0) is 9.53 Å². The second-order valence-electron chi connectivity index (χ2n) is 5.63. The highest BCUT2D eigenvalue weighted by atomic mass is 35.5. The summed E-state index contributed by atoms with van der Waals surface area (Å²) >= 11 is 12.0. The van der Waals surface area contributed by atoms with Crippen molar-refractivity contribution < 1.29 is 14.6 Å². The van der Waals surface area contributed by atoms with Crippen LogP contribution in [0.3, 0.4) is 0 Å². The third-order valence-electron chi connectivity index (χ3n) is 3.99. The lowest BCUT2D eigenvalue weighted by Gasteiger charge is -2.24. The first kappa shape index (κ1) is 18.8. The molecule has 0 unspecified atom stereocenters. The van der Waals surface area contributed by atoms with Crippen LogP contribution >= 0.6 is 23.2 Å². The Morgan fingerprint density at radius 2 is 1.79 bits per heavy atom. The van der Waals surface area contributed by atoms with E-state index in [9.17, 15) is 9.90 Å². The van der Waals surface area contributed by atoms with Gasteiger partial charge in [0.1, 0.15) is 0 Å². The Bertz CT molecular complexity index is 671. The number of hydrogen-bond donors (Lipinski definition) is 1.